The van der Waals surface area contributed by atoms with Gasteiger partial charge in [-0.05, 0) is 35.2 Å². The highest BCUT2D eigenvalue weighted by molar-refractivity contribution is 7.90. The molecule has 1 amide bonds. The fraction of sp³-hybridized carbons (Fsp3) is 0.208. The number of fused-ring (bicyclic) bond motifs is 1. The van der Waals surface area contributed by atoms with E-state index in [2.05, 4.69) is 28.4 Å². The third kappa shape index (κ3) is 5.20. The van der Waals surface area contributed by atoms with E-state index in [0.29, 0.717) is 0 Å². The summed E-state index contributed by atoms with van der Waals surface area (Å²) in [5.41, 5.74) is 4.11. The number of rotatable bonds is 7. The third-order valence-corrected chi connectivity index (χ3v) is 6.72. The lowest BCUT2D eigenvalue weighted by Crippen LogP contribution is -2.23. The molecule has 0 spiro atoms. The van der Waals surface area contributed by atoms with Crippen molar-refractivity contribution in [3.63, 3.8) is 0 Å². The Morgan fingerprint density at radius 2 is 1.76 bits per heavy atom. The van der Waals surface area contributed by atoms with Gasteiger partial charge in [0.05, 0.1) is 9.82 Å². The smallest absolute Gasteiger partial charge is 0.271 e. The molecule has 1 aliphatic rings. The van der Waals surface area contributed by atoms with Crippen molar-refractivity contribution in [1.82, 2.24) is 5.32 Å². The largest absolute Gasteiger partial charge is 0.367 e. The quantitative estimate of drug-likeness (QED) is 0.423. The number of non-ortho nitro benzene ring substituents is 1. The van der Waals surface area contributed by atoms with Crippen LogP contribution in [-0.2, 0) is 29.3 Å². The summed E-state index contributed by atoms with van der Waals surface area (Å²) >= 11 is 0. The molecule has 33 heavy (non-hydrogen) atoms. The maximum atomic E-state index is 12.6. The number of benzene rings is 3. The molecule has 8 nitrogen and oxygen atoms in total. The number of anilines is 1. The van der Waals surface area contributed by atoms with Crippen LogP contribution in [0.2, 0.25) is 0 Å². The highest BCUT2D eigenvalue weighted by Gasteiger charge is 2.20. The zero-order valence-corrected chi connectivity index (χ0v) is 18.8. The molecule has 4 rings (SSSR count). The van der Waals surface area contributed by atoms with Gasteiger partial charge in [0.25, 0.3) is 11.6 Å². The SMILES string of the molecule is CS(=O)(=O)c1cc(C(=O)NCc2ccc(CN3CCc4ccccc43)cc2)cc([N+](=O)[O-])c1. The molecule has 3 aromatic rings. The third-order valence-electron chi connectivity index (χ3n) is 5.63. The number of carbonyl (C=O) groups is 1. The Bertz CT molecular complexity index is 1320. The van der Waals surface area contributed by atoms with E-state index in [-0.39, 0.29) is 17.0 Å². The van der Waals surface area contributed by atoms with E-state index >= 15 is 0 Å². The van der Waals surface area contributed by atoms with Gasteiger partial charge in [0.1, 0.15) is 0 Å². The molecule has 0 saturated heterocycles. The molecule has 1 aliphatic heterocycles. The summed E-state index contributed by atoms with van der Waals surface area (Å²) in [7, 11) is -3.70. The number of carbonyl (C=O) groups excluding carboxylic acids is 1. The summed E-state index contributed by atoms with van der Waals surface area (Å²) in [5.74, 6) is -0.582. The number of nitro benzene ring substituents is 1. The number of hydrogen-bond donors (Lipinski definition) is 1. The summed E-state index contributed by atoms with van der Waals surface area (Å²) in [6.07, 6.45) is 1.98. The zero-order chi connectivity index (χ0) is 23.6. The van der Waals surface area contributed by atoms with Crippen molar-refractivity contribution < 1.29 is 18.1 Å². The molecule has 0 bridgehead atoms. The number of nitrogens with zero attached hydrogens (tertiary/aromatic N) is 2. The molecule has 0 radical (unpaired) electrons. The second-order valence-electron chi connectivity index (χ2n) is 8.04. The number of amides is 1. The van der Waals surface area contributed by atoms with Crippen LogP contribution < -0.4 is 10.2 Å². The first kappa shape index (κ1) is 22.5. The molecule has 0 atom stereocenters. The predicted molar refractivity (Wildman–Crippen MR) is 125 cm³/mol. The minimum Gasteiger partial charge on any atom is -0.367 e. The second kappa shape index (κ2) is 9.03. The van der Waals surface area contributed by atoms with Gasteiger partial charge in [-0.1, -0.05) is 42.5 Å². The normalized spacial score (nSPS) is 12.9. The van der Waals surface area contributed by atoms with Gasteiger partial charge in [-0.2, -0.15) is 0 Å². The van der Waals surface area contributed by atoms with Crippen LogP contribution in [0.25, 0.3) is 0 Å². The van der Waals surface area contributed by atoms with Crippen molar-refractivity contribution in [3.05, 3.63) is 99.1 Å². The van der Waals surface area contributed by atoms with E-state index in [1.807, 2.05) is 30.3 Å². The summed E-state index contributed by atoms with van der Waals surface area (Å²) in [6.45, 7) is 1.99. The molecule has 0 unspecified atom stereocenters. The first-order chi connectivity index (χ1) is 15.7. The van der Waals surface area contributed by atoms with Crippen LogP contribution in [0.4, 0.5) is 11.4 Å². The summed E-state index contributed by atoms with van der Waals surface area (Å²) in [6, 6.07) is 19.4. The van der Waals surface area contributed by atoms with Crippen LogP contribution in [0.3, 0.4) is 0 Å². The van der Waals surface area contributed by atoms with E-state index in [1.54, 1.807) is 0 Å². The highest BCUT2D eigenvalue weighted by atomic mass is 32.2. The summed E-state index contributed by atoms with van der Waals surface area (Å²) < 4.78 is 23.7. The Morgan fingerprint density at radius 1 is 1.06 bits per heavy atom. The van der Waals surface area contributed by atoms with Crippen LogP contribution in [0.15, 0.2) is 71.6 Å². The fourth-order valence-electron chi connectivity index (χ4n) is 3.87. The molecule has 0 aromatic heterocycles. The molecular weight excluding hydrogens is 442 g/mol. The average molecular weight is 466 g/mol. The first-order valence-corrected chi connectivity index (χ1v) is 12.3. The Labute approximate surface area is 191 Å². The minimum atomic E-state index is -3.70. The van der Waals surface area contributed by atoms with Gasteiger partial charge in [-0.25, -0.2) is 8.42 Å². The van der Waals surface area contributed by atoms with Gasteiger partial charge >= 0.3 is 0 Å². The average Bonchev–Trinajstić information content (AvgIpc) is 3.20. The van der Waals surface area contributed by atoms with Gasteiger partial charge in [0.2, 0.25) is 0 Å². The number of sulfone groups is 1. The Kier molecular flexibility index (Phi) is 6.15. The summed E-state index contributed by atoms with van der Waals surface area (Å²) in [4.78, 5) is 25.0. The monoisotopic (exact) mass is 465 g/mol. The van der Waals surface area contributed by atoms with Crippen molar-refractivity contribution in [3.8, 4) is 0 Å². The molecule has 1 N–H and O–H groups in total. The van der Waals surface area contributed by atoms with Crippen LogP contribution >= 0.6 is 0 Å². The van der Waals surface area contributed by atoms with Crippen LogP contribution in [0.1, 0.15) is 27.0 Å². The molecule has 3 aromatic carbocycles. The first-order valence-electron chi connectivity index (χ1n) is 10.4. The van der Waals surface area contributed by atoms with Crippen molar-refractivity contribution in [2.24, 2.45) is 0 Å². The van der Waals surface area contributed by atoms with E-state index < -0.39 is 26.4 Å². The maximum Gasteiger partial charge on any atom is 0.271 e. The van der Waals surface area contributed by atoms with E-state index in [9.17, 15) is 23.3 Å². The Morgan fingerprint density at radius 3 is 2.45 bits per heavy atom. The molecule has 9 heteroatoms. The second-order valence-corrected chi connectivity index (χ2v) is 10.1. The lowest BCUT2D eigenvalue weighted by molar-refractivity contribution is -0.385. The molecule has 0 fully saturated rings. The molecule has 1 heterocycles. The van der Waals surface area contributed by atoms with Gasteiger partial charge in [-0.3, -0.25) is 14.9 Å². The van der Waals surface area contributed by atoms with Gasteiger partial charge in [-0.15, -0.1) is 0 Å². The van der Waals surface area contributed by atoms with Crippen molar-refractivity contribution in [1.29, 1.82) is 0 Å². The summed E-state index contributed by atoms with van der Waals surface area (Å²) in [5, 5.41) is 13.8. The fourth-order valence-corrected chi connectivity index (χ4v) is 4.55. The van der Waals surface area contributed by atoms with Crippen LogP contribution in [-0.4, -0.2) is 32.0 Å². The lowest BCUT2D eigenvalue weighted by atomic mass is 10.1. The Hall–Kier alpha value is -3.72. The predicted octanol–water partition coefficient (Wildman–Crippen LogP) is 3.49. The van der Waals surface area contributed by atoms with E-state index in [0.717, 1.165) is 55.1 Å². The van der Waals surface area contributed by atoms with E-state index in [4.69, 9.17) is 0 Å². The molecular formula is C24H23N3O5S. The van der Waals surface area contributed by atoms with Crippen molar-refractivity contribution >= 4 is 27.1 Å². The van der Waals surface area contributed by atoms with Gasteiger partial charge in [0, 0.05) is 49.3 Å². The minimum absolute atomic E-state index is 0.0751. The van der Waals surface area contributed by atoms with Crippen molar-refractivity contribution in [2.45, 2.75) is 24.4 Å². The van der Waals surface area contributed by atoms with Crippen molar-refractivity contribution in [2.75, 3.05) is 17.7 Å². The Balaban J connectivity index is 1.41. The lowest BCUT2D eigenvalue weighted by Gasteiger charge is -2.19. The van der Waals surface area contributed by atoms with Gasteiger partial charge < -0.3 is 10.2 Å². The number of hydrogen-bond acceptors (Lipinski definition) is 6. The molecule has 0 aliphatic carbocycles. The standard InChI is InChI=1S/C24H23N3O5S/c1-33(31,32)22-13-20(12-21(14-22)27(29)30)24(28)25-15-17-6-8-18(9-7-17)16-26-11-10-19-4-2-3-5-23(19)26/h2-9,12-14H,10-11,15-16H2,1H3,(H,25,28). The number of nitro groups is 1. The molecule has 0 saturated carbocycles. The maximum absolute atomic E-state index is 12.6. The topological polar surface area (TPSA) is 110 Å². The molecule has 170 valence electrons. The van der Waals surface area contributed by atoms with E-state index in [1.165, 1.54) is 11.3 Å². The van der Waals surface area contributed by atoms with Crippen LogP contribution in [0.5, 0.6) is 0 Å². The number of para-hydroxylation sites is 1. The highest BCUT2D eigenvalue weighted by Crippen LogP contribution is 2.28. The van der Waals surface area contributed by atoms with Crippen LogP contribution in [0, 0.1) is 10.1 Å². The number of nitrogens with one attached hydrogen (secondary N) is 1. The zero-order valence-electron chi connectivity index (χ0n) is 18.0. The van der Waals surface area contributed by atoms with Gasteiger partial charge in [0.15, 0.2) is 9.84 Å².